The van der Waals surface area contributed by atoms with Gasteiger partial charge in [-0.05, 0) is 55.8 Å². The zero-order chi connectivity index (χ0) is 31.5. The summed E-state index contributed by atoms with van der Waals surface area (Å²) in [5, 5.41) is 0. The average molecular weight is 623 g/mol. The third kappa shape index (κ3) is 5.92. The van der Waals surface area contributed by atoms with Crippen molar-refractivity contribution in [2.45, 2.75) is 19.9 Å². The van der Waals surface area contributed by atoms with Crippen LogP contribution >= 0.6 is 11.3 Å². The zero-order valence-corrected chi connectivity index (χ0v) is 25.2. The molecule has 5 aromatic rings. The van der Waals surface area contributed by atoms with Crippen molar-refractivity contribution < 1.29 is 27.9 Å². The molecule has 1 unspecified atom stereocenters. The fraction of sp³-hybridized carbons (Fsp3) is 0.143. The van der Waals surface area contributed by atoms with Crippen LogP contribution in [-0.2, 0) is 14.3 Å². The second-order valence-corrected chi connectivity index (χ2v) is 11.0. The van der Waals surface area contributed by atoms with Crippen LogP contribution in [0.15, 0.2) is 111 Å². The van der Waals surface area contributed by atoms with Crippen LogP contribution in [0.4, 0.5) is 4.39 Å². The maximum atomic E-state index is 14.0. The van der Waals surface area contributed by atoms with E-state index in [1.165, 1.54) is 16.7 Å². The van der Waals surface area contributed by atoms with Crippen LogP contribution in [0.25, 0.3) is 23.1 Å². The zero-order valence-electron chi connectivity index (χ0n) is 24.4. The van der Waals surface area contributed by atoms with E-state index in [2.05, 4.69) is 0 Å². The van der Waals surface area contributed by atoms with Crippen LogP contribution in [0.1, 0.15) is 47.1 Å². The van der Waals surface area contributed by atoms with Crippen molar-refractivity contribution in [3.63, 3.8) is 0 Å². The van der Waals surface area contributed by atoms with Crippen molar-refractivity contribution >= 4 is 35.0 Å². The smallest absolute Gasteiger partial charge is 0.338 e. The molecule has 0 spiro atoms. The molecule has 6 rings (SSSR count). The minimum atomic E-state index is -0.914. The topological polar surface area (TPSA) is 100 Å². The van der Waals surface area contributed by atoms with Crippen molar-refractivity contribution in [2.24, 2.45) is 4.99 Å². The van der Waals surface area contributed by atoms with E-state index in [0.29, 0.717) is 43.2 Å². The Morgan fingerprint density at radius 3 is 2.27 bits per heavy atom. The Labute approximate surface area is 261 Å². The first kappa shape index (κ1) is 29.7. The van der Waals surface area contributed by atoms with Gasteiger partial charge >= 0.3 is 11.9 Å². The van der Waals surface area contributed by atoms with Crippen LogP contribution in [-0.4, -0.2) is 29.7 Å². The number of esters is 2. The summed E-state index contributed by atoms with van der Waals surface area (Å²) in [7, 11) is 0. The first-order valence-corrected chi connectivity index (χ1v) is 15.1. The van der Waals surface area contributed by atoms with Crippen LogP contribution < -0.4 is 14.9 Å². The van der Waals surface area contributed by atoms with Gasteiger partial charge in [-0.2, -0.15) is 0 Å². The van der Waals surface area contributed by atoms with E-state index >= 15 is 0 Å². The second-order valence-electron chi connectivity index (χ2n) is 9.98. The SMILES string of the molecule is CCOC(=O)C1=C(c2ccccc2)N=c2s/c(=C\c3ccc(-c4ccc(C(=O)OCC)cc4)o3)c(=O)n2C1c1ccc(F)cc1. The molecule has 0 radical (unpaired) electrons. The highest BCUT2D eigenvalue weighted by Gasteiger charge is 2.35. The Kier molecular flexibility index (Phi) is 8.39. The lowest BCUT2D eigenvalue weighted by Gasteiger charge is -2.25. The van der Waals surface area contributed by atoms with Crippen molar-refractivity contribution in [3.05, 3.63) is 145 Å². The molecule has 1 aliphatic heterocycles. The van der Waals surface area contributed by atoms with E-state index in [1.807, 2.05) is 30.3 Å². The van der Waals surface area contributed by atoms with Gasteiger partial charge in [0.05, 0.1) is 40.6 Å². The summed E-state index contributed by atoms with van der Waals surface area (Å²) >= 11 is 1.16. The number of aromatic nitrogens is 1. The third-order valence-corrected chi connectivity index (χ3v) is 8.12. The summed E-state index contributed by atoms with van der Waals surface area (Å²) in [4.78, 5) is 44.7. The first-order valence-electron chi connectivity index (χ1n) is 14.3. The van der Waals surface area contributed by atoms with Gasteiger partial charge in [0.15, 0.2) is 4.80 Å². The number of carbonyl (C=O) groups is 2. The Bertz CT molecular complexity index is 2090. The molecule has 10 heteroatoms. The summed E-state index contributed by atoms with van der Waals surface area (Å²) in [5.41, 5.74) is 2.55. The number of halogens is 1. The number of fused-ring (bicyclic) bond motifs is 1. The number of nitrogens with zero attached hydrogens (tertiary/aromatic N) is 2. The van der Waals surface area contributed by atoms with Gasteiger partial charge in [0, 0.05) is 17.2 Å². The average Bonchev–Trinajstić information content (AvgIpc) is 3.65. The highest BCUT2D eigenvalue weighted by Crippen LogP contribution is 2.35. The Morgan fingerprint density at radius 1 is 0.889 bits per heavy atom. The molecule has 0 N–H and O–H groups in total. The lowest BCUT2D eigenvalue weighted by molar-refractivity contribution is -0.138. The van der Waals surface area contributed by atoms with Crippen LogP contribution in [0.5, 0.6) is 0 Å². The molecular weight excluding hydrogens is 595 g/mol. The van der Waals surface area contributed by atoms with Gasteiger partial charge in [-0.25, -0.2) is 19.0 Å². The lowest BCUT2D eigenvalue weighted by Crippen LogP contribution is -2.40. The van der Waals surface area contributed by atoms with E-state index < -0.39 is 29.4 Å². The molecule has 2 aromatic heterocycles. The molecule has 0 bridgehead atoms. The van der Waals surface area contributed by atoms with E-state index in [-0.39, 0.29) is 18.8 Å². The molecule has 0 amide bonds. The van der Waals surface area contributed by atoms with E-state index in [1.54, 1.807) is 68.5 Å². The van der Waals surface area contributed by atoms with Gasteiger partial charge in [-0.1, -0.05) is 65.9 Å². The minimum absolute atomic E-state index is 0.122. The van der Waals surface area contributed by atoms with E-state index in [9.17, 15) is 18.8 Å². The minimum Gasteiger partial charge on any atom is -0.463 e. The molecule has 8 nitrogen and oxygen atoms in total. The highest BCUT2D eigenvalue weighted by molar-refractivity contribution is 7.07. The van der Waals surface area contributed by atoms with Gasteiger partial charge in [-0.15, -0.1) is 0 Å². The second kappa shape index (κ2) is 12.7. The van der Waals surface area contributed by atoms with Crippen LogP contribution in [0.3, 0.4) is 0 Å². The fourth-order valence-electron chi connectivity index (χ4n) is 5.10. The molecule has 0 saturated carbocycles. The lowest BCUT2D eigenvalue weighted by atomic mass is 9.93. The van der Waals surface area contributed by atoms with Gasteiger partial charge in [0.1, 0.15) is 17.3 Å². The van der Waals surface area contributed by atoms with Crippen molar-refractivity contribution in [1.82, 2.24) is 4.57 Å². The first-order chi connectivity index (χ1) is 21.9. The number of hydrogen-bond donors (Lipinski definition) is 0. The Balaban J connectivity index is 1.47. The van der Waals surface area contributed by atoms with Gasteiger partial charge in [0.25, 0.3) is 5.56 Å². The van der Waals surface area contributed by atoms with Crippen LogP contribution in [0.2, 0.25) is 0 Å². The number of hydrogen-bond acceptors (Lipinski definition) is 8. The third-order valence-electron chi connectivity index (χ3n) is 7.14. The predicted molar refractivity (Wildman–Crippen MR) is 168 cm³/mol. The fourth-order valence-corrected chi connectivity index (χ4v) is 6.08. The van der Waals surface area contributed by atoms with Gasteiger partial charge in [-0.3, -0.25) is 9.36 Å². The van der Waals surface area contributed by atoms with Crippen LogP contribution in [0, 0.1) is 5.82 Å². The van der Waals surface area contributed by atoms with Gasteiger partial charge in [0.2, 0.25) is 0 Å². The van der Waals surface area contributed by atoms with Crippen molar-refractivity contribution in [1.29, 1.82) is 0 Å². The molecule has 0 saturated heterocycles. The quantitative estimate of drug-likeness (QED) is 0.212. The largest absolute Gasteiger partial charge is 0.463 e. The summed E-state index contributed by atoms with van der Waals surface area (Å²) in [6.45, 7) is 3.86. The maximum Gasteiger partial charge on any atom is 0.338 e. The molecule has 3 heterocycles. The molecule has 45 heavy (non-hydrogen) atoms. The Morgan fingerprint density at radius 2 is 1.58 bits per heavy atom. The molecule has 1 aliphatic rings. The monoisotopic (exact) mass is 622 g/mol. The number of thiazole rings is 1. The summed E-state index contributed by atoms with van der Waals surface area (Å²) in [6.07, 6.45) is 1.62. The normalized spacial score (nSPS) is 14.6. The number of rotatable bonds is 8. The number of carbonyl (C=O) groups excluding carboxylic acids is 2. The standard InChI is InChI=1S/C35H27FN2O6S/c1-3-42-33(40)24-12-10-21(11-13-24)27-19-18-26(44-27)20-28-32(39)38-31(23-14-16-25(36)17-15-23)29(34(41)43-4-2)30(37-35(38)45-28)22-8-6-5-7-9-22/h5-20,31H,3-4H2,1-2H3/b28-20-. The van der Waals surface area contributed by atoms with E-state index in [0.717, 1.165) is 16.9 Å². The number of benzene rings is 3. The Hall–Kier alpha value is -5.35. The maximum absolute atomic E-state index is 14.0. The molecular formula is C35H27FN2O6S. The van der Waals surface area contributed by atoms with Crippen molar-refractivity contribution in [3.8, 4) is 11.3 Å². The number of furan rings is 1. The van der Waals surface area contributed by atoms with Crippen molar-refractivity contribution in [2.75, 3.05) is 13.2 Å². The van der Waals surface area contributed by atoms with E-state index in [4.69, 9.17) is 18.9 Å². The molecule has 0 aliphatic carbocycles. The highest BCUT2D eigenvalue weighted by atomic mass is 32.1. The number of ether oxygens (including phenoxy) is 2. The molecule has 0 fully saturated rings. The summed E-state index contributed by atoms with van der Waals surface area (Å²) in [6, 6.07) is 24.3. The summed E-state index contributed by atoms with van der Waals surface area (Å²) < 4.78 is 32.3. The molecule has 3 aromatic carbocycles. The summed E-state index contributed by atoms with van der Waals surface area (Å²) in [5.74, 6) is -0.491. The van der Waals surface area contributed by atoms with Gasteiger partial charge < -0.3 is 13.9 Å². The predicted octanol–water partition coefficient (Wildman–Crippen LogP) is 5.51. The molecule has 226 valence electrons. The molecule has 1 atom stereocenters.